The molecule has 0 atom stereocenters. The van der Waals surface area contributed by atoms with Gasteiger partial charge in [-0.1, -0.05) is 35.9 Å². The molecule has 0 radical (unpaired) electrons. The molecule has 2 rings (SSSR count). The van der Waals surface area contributed by atoms with Crippen LogP contribution in [-0.2, 0) is 16.4 Å². The van der Waals surface area contributed by atoms with Crippen LogP contribution in [-0.4, -0.2) is 27.9 Å². The van der Waals surface area contributed by atoms with Gasteiger partial charge in [0.1, 0.15) is 0 Å². The van der Waals surface area contributed by atoms with Crippen LogP contribution in [0.5, 0.6) is 0 Å². The fourth-order valence-electron chi connectivity index (χ4n) is 2.39. The van der Waals surface area contributed by atoms with Crippen molar-refractivity contribution in [1.29, 1.82) is 0 Å². The Morgan fingerprint density at radius 1 is 1.08 bits per heavy atom. The van der Waals surface area contributed by atoms with Crippen LogP contribution in [0.2, 0.25) is 0 Å². The normalized spacial score (nSPS) is 11.2. The van der Waals surface area contributed by atoms with Crippen molar-refractivity contribution in [3.8, 4) is 0 Å². The van der Waals surface area contributed by atoms with E-state index < -0.39 is 10.0 Å². The summed E-state index contributed by atoms with van der Waals surface area (Å²) in [5, 5.41) is 2.83. The number of amides is 1. The number of carbonyl (C=O) groups excluding carboxylic acids is 1. The highest BCUT2D eigenvalue weighted by atomic mass is 32.2. The fourth-order valence-corrected chi connectivity index (χ4v) is 3.16. The summed E-state index contributed by atoms with van der Waals surface area (Å²) in [5.41, 5.74) is 2.80. The first-order chi connectivity index (χ1) is 11.4. The Bertz CT molecular complexity index is 817. The summed E-state index contributed by atoms with van der Waals surface area (Å²) in [6, 6.07) is 14.3. The minimum absolute atomic E-state index is 0.0809. The second-order valence-corrected chi connectivity index (χ2v) is 7.47. The van der Waals surface area contributed by atoms with Crippen LogP contribution in [0.4, 0.5) is 0 Å². The van der Waals surface area contributed by atoms with Crippen LogP contribution in [0.15, 0.2) is 53.4 Å². The molecule has 0 bridgehead atoms. The summed E-state index contributed by atoms with van der Waals surface area (Å²) in [5.74, 6) is -0.271. The fraction of sp³-hybridized carbons (Fsp3) is 0.278. The Hall–Kier alpha value is -2.18. The summed E-state index contributed by atoms with van der Waals surface area (Å²) < 4.78 is 25.8. The number of rotatable bonds is 7. The summed E-state index contributed by atoms with van der Waals surface area (Å²) in [7, 11) is -2.21. The maximum absolute atomic E-state index is 12.2. The van der Waals surface area contributed by atoms with Gasteiger partial charge in [-0.2, -0.15) is 0 Å². The maximum Gasteiger partial charge on any atom is 0.251 e. The number of carbonyl (C=O) groups is 1. The molecule has 128 valence electrons. The number of sulfonamides is 1. The third-order valence-corrected chi connectivity index (χ3v) is 5.10. The number of hydrogen-bond donors (Lipinski definition) is 2. The molecule has 24 heavy (non-hydrogen) atoms. The molecule has 0 aliphatic rings. The molecule has 0 fully saturated rings. The molecule has 0 unspecified atom stereocenters. The Balaban J connectivity index is 1.90. The van der Waals surface area contributed by atoms with Gasteiger partial charge in [-0.25, -0.2) is 13.1 Å². The lowest BCUT2D eigenvalue weighted by atomic mass is 10.1. The zero-order valence-corrected chi connectivity index (χ0v) is 14.7. The van der Waals surface area contributed by atoms with Crippen LogP contribution in [0, 0.1) is 6.92 Å². The summed E-state index contributed by atoms with van der Waals surface area (Å²) in [4.78, 5) is 12.2. The molecule has 0 saturated heterocycles. The lowest BCUT2D eigenvalue weighted by Crippen LogP contribution is -2.25. The quantitative estimate of drug-likeness (QED) is 0.755. The van der Waals surface area contributed by atoms with Crippen LogP contribution in [0.1, 0.15) is 27.9 Å². The van der Waals surface area contributed by atoms with Gasteiger partial charge in [-0.15, -0.1) is 0 Å². The molecule has 0 aromatic heterocycles. The minimum Gasteiger partial charge on any atom is -0.352 e. The van der Waals surface area contributed by atoms with E-state index in [0.717, 1.165) is 12.8 Å². The molecule has 2 aromatic carbocycles. The molecule has 0 aliphatic heterocycles. The van der Waals surface area contributed by atoms with Gasteiger partial charge in [-0.3, -0.25) is 4.79 Å². The predicted molar refractivity (Wildman–Crippen MR) is 94.5 cm³/mol. The monoisotopic (exact) mass is 346 g/mol. The SMILES string of the molecule is CNS(=O)(=O)c1cccc(C(=O)NCCCc2cccc(C)c2)c1. The van der Waals surface area contributed by atoms with E-state index in [0.29, 0.717) is 12.1 Å². The Morgan fingerprint density at radius 3 is 2.54 bits per heavy atom. The molecule has 1 amide bonds. The van der Waals surface area contributed by atoms with Crippen LogP contribution in [0.3, 0.4) is 0 Å². The van der Waals surface area contributed by atoms with Crippen molar-refractivity contribution in [2.75, 3.05) is 13.6 Å². The van der Waals surface area contributed by atoms with Crippen LogP contribution < -0.4 is 10.0 Å². The summed E-state index contributed by atoms with van der Waals surface area (Å²) in [6.07, 6.45) is 1.71. The van der Waals surface area contributed by atoms with Gasteiger partial charge in [0.05, 0.1) is 4.90 Å². The standard InChI is InChI=1S/C18H22N2O3S/c1-14-6-3-7-15(12-14)8-5-11-20-18(21)16-9-4-10-17(13-16)24(22,23)19-2/h3-4,6-7,9-10,12-13,19H,5,8,11H2,1-2H3,(H,20,21). The summed E-state index contributed by atoms with van der Waals surface area (Å²) in [6.45, 7) is 2.59. The van der Waals surface area contributed by atoms with Gasteiger partial charge in [0.15, 0.2) is 0 Å². The van der Waals surface area contributed by atoms with E-state index in [1.54, 1.807) is 12.1 Å². The average Bonchev–Trinajstić information content (AvgIpc) is 2.58. The Labute approximate surface area is 143 Å². The van der Waals surface area contributed by atoms with E-state index >= 15 is 0 Å². The Morgan fingerprint density at radius 2 is 1.83 bits per heavy atom. The largest absolute Gasteiger partial charge is 0.352 e. The van der Waals surface area contributed by atoms with Gasteiger partial charge in [0.2, 0.25) is 10.0 Å². The van der Waals surface area contributed by atoms with Gasteiger partial charge in [0, 0.05) is 12.1 Å². The first-order valence-electron chi connectivity index (χ1n) is 7.80. The van der Waals surface area contributed by atoms with Gasteiger partial charge in [-0.05, 0) is 50.6 Å². The first kappa shape index (κ1) is 18.2. The third-order valence-electron chi connectivity index (χ3n) is 3.69. The molecule has 0 spiro atoms. The van der Waals surface area contributed by atoms with E-state index in [9.17, 15) is 13.2 Å². The topological polar surface area (TPSA) is 75.3 Å². The predicted octanol–water partition coefficient (Wildman–Crippen LogP) is 2.27. The maximum atomic E-state index is 12.2. The van der Waals surface area contributed by atoms with Crippen molar-refractivity contribution in [1.82, 2.24) is 10.0 Å². The highest BCUT2D eigenvalue weighted by Gasteiger charge is 2.13. The van der Waals surface area contributed by atoms with Gasteiger partial charge < -0.3 is 5.32 Å². The van der Waals surface area contributed by atoms with Crippen molar-refractivity contribution in [3.63, 3.8) is 0 Å². The van der Waals surface area contributed by atoms with Crippen molar-refractivity contribution in [3.05, 3.63) is 65.2 Å². The van der Waals surface area contributed by atoms with Gasteiger partial charge in [0.25, 0.3) is 5.91 Å². The molecule has 0 saturated carbocycles. The van der Waals surface area contributed by atoms with Crippen LogP contribution in [0.25, 0.3) is 0 Å². The number of nitrogens with one attached hydrogen (secondary N) is 2. The first-order valence-corrected chi connectivity index (χ1v) is 9.28. The van der Waals surface area contributed by atoms with Gasteiger partial charge >= 0.3 is 0 Å². The lowest BCUT2D eigenvalue weighted by molar-refractivity contribution is 0.0953. The second kappa shape index (κ2) is 8.08. The van der Waals surface area contributed by atoms with E-state index in [1.165, 1.54) is 30.3 Å². The van der Waals surface area contributed by atoms with Crippen molar-refractivity contribution < 1.29 is 13.2 Å². The zero-order valence-electron chi connectivity index (χ0n) is 13.9. The van der Waals surface area contributed by atoms with E-state index in [2.05, 4.69) is 35.2 Å². The molecule has 2 aromatic rings. The van der Waals surface area contributed by atoms with E-state index in [1.807, 2.05) is 6.07 Å². The third kappa shape index (κ3) is 4.91. The van der Waals surface area contributed by atoms with Crippen molar-refractivity contribution in [2.24, 2.45) is 0 Å². The molecule has 5 nitrogen and oxygen atoms in total. The Kier molecular flexibility index (Phi) is 6.11. The van der Waals surface area contributed by atoms with E-state index in [4.69, 9.17) is 0 Å². The minimum atomic E-state index is -3.55. The molecule has 0 aliphatic carbocycles. The highest BCUT2D eigenvalue weighted by Crippen LogP contribution is 2.11. The number of benzene rings is 2. The highest BCUT2D eigenvalue weighted by molar-refractivity contribution is 7.89. The number of aryl methyl sites for hydroxylation is 2. The van der Waals surface area contributed by atoms with Crippen molar-refractivity contribution >= 4 is 15.9 Å². The summed E-state index contributed by atoms with van der Waals surface area (Å²) >= 11 is 0. The molecular weight excluding hydrogens is 324 g/mol. The molecule has 0 heterocycles. The van der Waals surface area contributed by atoms with Crippen molar-refractivity contribution in [2.45, 2.75) is 24.7 Å². The van der Waals surface area contributed by atoms with Crippen LogP contribution >= 0.6 is 0 Å². The molecule has 6 heteroatoms. The lowest BCUT2D eigenvalue weighted by Gasteiger charge is -2.08. The zero-order chi connectivity index (χ0) is 17.6. The second-order valence-electron chi connectivity index (χ2n) is 5.58. The van der Waals surface area contributed by atoms with E-state index in [-0.39, 0.29) is 10.8 Å². The smallest absolute Gasteiger partial charge is 0.251 e. The average molecular weight is 346 g/mol. The molecular formula is C18H22N2O3S. The molecule has 2 N–H and O–H groups in total. The number of hydrogen-bond acceptors (Lipinski definition) is 3.